The minimum atomic E-state index is -5.32. The molecule has 0 radical (unpaired) electrons. The van der Waals surface area contributed by atoms with E-state index in [9.17, 15) is 40.7 Å². The second-order valence-electron chi connectivity index (χ2n) is 6.80. The lowest BCUT2D eigenvalue weighted by molar-refractivity contribution is -0.189. The maximum Gasteiger partial charge on any atom is 0.471 e. The van der Waals surface area contributed by atoms with Crippen LogP contribution in [0, 0.1) is 0 Å². The molecule has 1 aliphatic heterocycles. The number of rotatable bonds is 5. The molecular formula is C20H14F6N2O4. The zero-order valence-corrected chi connectivity index (χ0v) is 16.2. The molecule has 3 amide bonds. The van der Waals surface area contributed by atoms with Crippen molar-refractivity contribution < 1.29 is 45.6 Å². The van der Waals surface area contributed by atoms with Crippen molar-refractivity contribution in [3.8, 4) is 0 Å². The average molecular weight is 460 g/mol. The number of alkyl halides is 6. The van der Waals surface area contributed by atoms with Gasteiger partial charge in [0, 0.05) is 7.05 Å². The van der Waals surface area contributed by atoms with Crippen molar-refractivity contribution in [2.45, 2.75) is 18.4 Å². The lowest BCUT2D eigenvalue weighted by atomic mass is 10.0. The number of halogens is 6. The van der Waals surface area contributed by atoms with Crippen molar-refractivity contribution in [1.82, 2.24) is 9.96 Å². The Morgan fingerprint density at radius 2 is 1.53 bits per heavy atom. The molecule has 0 saturated heterocycles. The molecule has 1 heterocycles. The summed E-state index contributed by atoms with van der Waals surface area (Å²) >= 11 is 0. The van der Waals surface area contributed by atoms with Crippen molar-refractivity contribution in [1.29, 1.82) is 0 Å². The van der Waals surface area contributed by atoms with Crippen LogP contribution in [0.15, 0.2) is 48.5 Å². The van der Waals surface area contributed by atoms with Crippen LogP contribution in [0.1, 0.15) is 37.9 Å². The first-order valence-electron chi connectivity index (χ1n) is 8.94. The van der Waals surface area contributed by atoms with Gasteiger partial charge in [-0.3, -0.25) is 19.2 Å². The SMILES string of the molecule is CN(C(=O)C(F)(F)F)C(CON1C(=O)c2ccccc2C1=O)c1cccc(C(F)(F)F)c1. The van der Waals surface area contributed by atoms with Gasteiger partial charge in [0.1, 0.15) is 6.61 Å². The Balaban J connectivity index is 1.92. The van der Waals surface area contributed by atoms with Crippen LogP contribution in [-0.4, -0.2) is 47.5 Å². The Morgan fingerprint density at radius 1 is 0.969 bits per heavy atom. The minimum absolute atomic E-state index is 0.00663. The highest BCUT2D eigenvalue weighted by molar-refractivity contribution is 6.20. The van der Waals surface area contributed by atoms with Crippen molar-refractivity contribution in [3.05, 3.63) is 70.8 Å². The number of amides is 3. The van der Waals surface area contributed by atoms with Crippen molar-refractivity contribution >= 4 is 17.7 Å². The Morgan fingerprint density at radius 3 is 2.03 bits per heavy atom. The summed E-state index contributed by atoms with van der Waals surface area (Å²) in [5, 5.41) is 0.303. The van der Waals surface area contributed by atoms with E-state index in [1.807, 2.05) is 0 Å². The molecule has 0 bridgehead atoms. The summed E-state index contributed by atoms with van der Waals surface area (Å²) in [5.74, 6) is -4.12. The first-order chi connectivity index (χ1) is 14.8. The molecule has 1 unspecified atom stereocenters. The summed E-state index contributed by atoms with van der Waals surface area (Å²) < 4.78 is 78.1. The molecule has 3 rings (SSSR count). The number of carbonyl (C=O) groups is 3. The Kier molecular flexibility index (Phi) is 6.00. The summed E-state index contributed by atoms with van der Waals surface area (Å²) in [7, 11) is 0.729. The number of imide groups is 1. The maximum atomic E-state index is 13.1. The summed E-state index contributed by atoms with van der Waals surface area (Å²) in [6, 6.07) is 7.24. The first kappa shape index (κ1) is 23.3. The van der Waals surface area contributed by atoms with E-state index >= 15 is 0 Å². The normalized spacial score (nSPS) is 15.0. The zero-order chi connectivity index (χ0) is 23.8. The number of hydrogen-bond donors (Lipinski definition) is 0. The maximum absolute atomic E-state index is 13.1. The minimum Gasteiger partial charge on any atom is -0.328 e. The highest BCUT2D eigenvalue weighted by atomic mass is 19.4. The van der Waals surface area contributed by atoms with Crippen LogP contribution in [0.4, 0.5) is 26.3 Å². The Bertz CT molecular complexity index is 1030. The van der Waals surface area contributed by atoms with E-state index in [0.717, 1.165) is 19.2 Å². The molecule has 0 fully saturated rings. The number of nitrogens with zero attached hydrogens (tertiary/aromatic N) is 2. The molecule has 1 aliphatic rings. The molecule has 0 aliphatic carbocycles. The third kappa shape index (κ3) is 4.44. The summed E-state index contributed by atoms with van der Waals surface area (Å²) in [6.45, 7) is -0.898. The number of carbonyl (C=O) groups excluding carboxylic acids is 3. The standard InChI is InChI=1S/C20H14F6N2O4/c1-27(18(31)20(24,25)26)15(11-5-4-6-12(9-11)19(21,22)23)10-32-28-16(29)13-7-2-3-8-14(13)17(28)30/h2-9,15H,10H2,1H3. The van der Waals surface area contributed by atoms with E-state index in [4.69, 9.17) is 4.84 Å². The van der Waals surface area contributed by atoms with Crippen LogP contribution in [0.5, 0.6) is 0 Å². The van der Waals surface area contributed by atoms with Crippen LogP contribution < -0.4 is 0 Å². The molecular weight excluding hydrogens is 446 g/mol. The number of hydroxylamine groups is 2. The van der Waals surface area contributed by atoms with Crippen molar-refractivity contribution in [2.75, 3.05) is 13.7 Å². The van der Waals surface area contributed by atoms with E-state index in [0.29, 0.717) is 17.2 Å². The van der Waals surface area contributed by atoms with Gasteiger partial charge in [-0.15, -0.1) is 5.06 Å². The number of hydrogen-bond acceptors (Lipinski definition) is 4. The van der Waals surface area contributed by atoms with Crippen LogP contribution >= 0.6 is 0 Å². The van der Waals surface area contributed by atoms with Gasteiger partial charge in [-0.25, -0.2) is 0 Å². The Hall–Kier alpha value is -3.41. The summed E-state index contributed by atoms with van der Waals surface area (Å²) in [6.07, 6.45) is -10.1. The lowest BCUT2D eigenvalue weighted by Crippen LogP contribution is -2.43. The predicted octanol–water partition coefficient (Wildman–Crippen LogP) is 4.00. The fourth-order valence-electron chi connectivity index (χ4n) is 3.12. The van der Waals surface area contributed by atoms with E-state index in [-0.39, 0.29) is 21.6 Å². The molecule has 6 nitrogen and oxygen atoms in total. The van der Waals surface area contributed by atoms with Crippen LogP contribution in [0.2, 0.25) is 0 Å². The molecule has 1 atom stereocenters. The molecule has 2 aromatic carbocycles. The third-order valence-corrected chi connectivity index (χ3v) is 4.75. The van der Waals surface area contributed by atoms with Crippen molar-refractivity contribution in [2.24, 2.45) is 0 Å². The molecule has 0 N–H and O–H groups in total. The molecule has 0 spiro atoms. The van der Waals surface area contributed by atoms with Gasteiger partial charge in [-0.2, -0.15) is 26.3 Å². The van der Waals surface area contributed by atoms with Crippen LogP contribution in [0.25, 0.3) is 0 Å². The fourth-order valence-corrected chi connectivity index (χ4v) is 3.12. The number of benzene rings is 2. The van der Waals surface area contributed by atoms with Gasteiger partial charge in [0.2, 0.25) is 0 Å². The van der Waals surface area contributed by atoms with Crippen LogP contribution in [0.3, 0.4) is 0 Å². The second kappa shape index (κ2) is 8.26. The van der Waals surface area contributed by atoms with E-state index in [2.05, 4.69) is 0 Å². The molecule has 12 heteroatoms. The summed E-state index contributed by atoms with van der Waals surface area (Å²) in [5.41, 5.74) is -1.51. The molecule has 32 heavy (non-hydrogen) atoms. The number of fused-ring (bicyclic) bond motifs is 1. The summed E-state index contributed by atoms with van der Waals surface area (Å²) in [4.78, 5) is 41.8. The van der Waals surface area contributed by atoms with E-state index < -0.39 is 48.3 Å². The van der Waals surface area contributed by atoms with Gasteiger partial charge in [0.25, 0.3) is 11.8 Å². The lowest BCUT2D eigenvalue weighted by Gasteiger charge is -2.30. The van der Waals surface area contributed by atoms with Crippen molar-refractivity contribution in [3.63, 3.8) is 0 Å². The fraction of sp³-hybridized carbons (Fsp3) is 0.250. The van der Waals surface area contributed by atoms with Gasteiger partial charge >= 0.3 is 18.3 Å². The quantitative estimate of drug-likeness (QED) is 0.500. The second-order valence-corrected chi connectivity index (χ2v) is 6.80. The topological polar surface area (TPSA) is 66.9 Å². The van der Waals surface area contributed by atoms with Gasteiger partial charge in [0.05, 0.1) is 22.7 Å². The average Bonchev–Trinajstić information content (AvgIpc) is 2.97. The molecule has 0 aromatic heterocycles. The zero-order valence-electron chi connectivity index (χ0n) is 16.2. The van der Waals surface area contributed by atoms with E-state index in [1.54, 1.807) is 0 Å². The monoisotopic (exact) mass is 460 g/mol. The molecule has 0 saturated carbocycles. The first-order valence-corrected chi connectivity index (χ1v) is 8.94. The highest BCUT2D eigenvalue weighted by Crippen LogP contribution is 2.33. The van der Waals surface area contributed by atoms with Crippen LogP contribution in [-0.2, 0) is 15.8 Å². The highest BCUT2D eigenvalue weighted by Gasteiger charge is 2.44. The largest absolute Gasteiger partial charge is 0.471 e. The molecule has 2 aromatic rings. The number of likely N-dealkylation sites (N-methyl/N-ethyl adjacent to an activating group) is 1. The van der Waals surface area contributed by atoms with Gasteiger partial charge < -0.3 is 4.90 Å². The predicted molar refractivity (Wildman–Crippen MR) is 95.9 cm³/mol. The Labute approximate surface area is 176 Å². The van der Waals surface area contributed by atoms with Gasteiger partial charge in [-0.1, -0.05) is 24.3 Å². The van der Waals surface area contributed by atoms with Gasteiger partial charge in [0.15, 0.2) is 0 Å². The molecule has 170 valence electrons. The smallest absolute Gasteiger partial charge is 0.328 e. The third-order valence-electron chi connectivity index (χ3n) is 4.75. The van der Waals surface area contributed by atoms with E-state index in [1.165, 1.54) is 24.3 Å². The van der Waals surface area contributed by atoms with Gasteiger partial charge in [-0.05, 0) is 29.8 Å².